The topological polar surface area (TPSA) is 20.3 Å². The summed E-state index contributed by atoms with van der Waals surface area (Å²) in [7, 11) is 1.86. The SMILES string of the molecule is CC(C)CN(C)C(=O)c1ccc2ccccc2c1. The fourth-order valence-electron chi connectivity index (χ4n) is 2.17. The maximum Gasteiger partial charge on any atom is 0.253 e. The number of fused-ring (bicyclic) bond motifs is 1. The normalized spacial score (nSPS) is 10.9. The molecule has 2 aromatic carbocycles. The van der Waals surface area contributed by atoms with E-state index in [2.05, 4.69) is 19.9 Å². The molecule has 0 aliphatic heterocycles. The zero-order chi connectivity index (χ0) is 13.1. The summed E-state index contributed by atoms with van der Waals surface area (Å²) >= 11 is 0. The van der Waals surface area contributed by atoms with E-state index in [1.807, 2.05) is 43.4 Å². The van der Waals surface area contributed by atoms with Crippen molar-refractivity contribution in [2.75, 3.05) is 13.6 Å². The summed E-state index contributed by atoms with van der Waals surface area (Å²) in [5.74, 6) is 0.578. The van der Waals surface area contributed by atoms with Crippen molar-refractivity contribution in [1.82, 2.24) is 4.90 Å². The van der Waals surface area contributed by atoms with Crippen LogP contribution in [0.5, 0.6) is 0 Å². The van der Waals surface area contributed by atoms with E-state index in [0.717, 1.165) is 17.5 Å². The summed E-state index contributed by atoms with van der Waals surface area (Å²) < 4.78 is 0. The van der Waals surface area contributed by atoms with Crippen LogP contribution in [0.15, 0.2) is 42.5 Å². The lowest BCUT2D eigenvalue weighted by Gasteiger charge is -2.19. The third kappa shape index (κ3) is 2.70. The first-order valence-electron chi connectivity index (χ1n) is 6.32. The highest BCUT2D eigenvalue weighted by Crippen LogP contribution is 2.16. The Bertz CT molecular complexity index is 560. The Kier molecular flexibility index (Phi) is 3.66. The molecule has 2 aromatic rings. The van der Waals surface area contributed by atoms with Crippen LogP contribution in [0.4, 0.5) is 0 Å². The minimum atomic E-state index is 0.0921. The van der Waals surface area contributed by atoms with E-state index in [1.165, 1.54) is 5.39 Å². The largest absolute Gasteiger partial charge is 0.341 e. The van der Waals surface area contributed by atoms with E-state index < -0.39 is 0 Å². The molecular weight excluding hydrogens is 222 g/mol. The highest BCUT2D eigenvalue weighted by Gasteiger charge is 2.12. The van der Waals surface area contributed by atoms with E-state index in [0.29, 0.717) is 5.92 Å². The van der Waals surface area contributed by atoms with Gasteiger partial charge in [0.2, 0.25) is 0 Å². The minimum Gasteiger partial charge on any atom is -0.341 e. The van der Waals surface area contributed by atoms with Crippen molar-refractivity contribution < 1.29 is 4.79 Å². The molecule has 0 spiro atoms. The van der Waals surface area contributed by atoms with Gasteiger partial charge in [0.25, 0.3) is 5.91 Å². The smallest absolute Gasteiger partial charge is 0.253 e. The lowest BCUT2D eigenvalue weighted by atomic mass is 10.1. The summed E-state index contributed by atoms with van der Waals surface area (Å²) in [4.78, 5) is 14.0. The van der Waals surface area contributed by atoms with Gasteiger partial charge in [-0.1, -0.05) is 44.2 Å². The summed E-state index contributed by atoms with van der Waals surface area (Å²) in [6.07, 6.45) is 0. The maximum absolute atomic E-state index is 12.2. The van der Waals surface area contributed by atoms with Crippen LogP contribution in [0.2, 0.25) is 0 Å². The summed E-state index contributed by atoms with van der Waals surface area (Å²) in [6, 6.07) is 14.0. The van der Waals surface area contributed by atoms with Gasteiger partial charge in [0.15, 0.2) is 0 Å². The molecular formula is C16H19NO. The van der Waals surface area contributed by atoms with Gasteiger partial charge in [-0.15, -0.1) is 0 Å². The van der Waals surface area contributed by atoms with E-state index in [4.69, 9.17) is 0 Å². The second-order valence-electron chi connectivity index (χ2n) is 5.14. The van der Waals surface area contributed by atoms with Crippen molar-refractivity contribution in [2.45, 2.75) is 13.8 Å². The molecule has 94 valence electrons. The predicted octanol–water partition coefficient (Wildman–Crippen LogP) is 3.57. The molecule has 0 atom stereocenters. The van der Waals surface area contributed by atoms with Crippen molar-refractivity contribution >= 4 is 16.7 Å². The van der Waals surface area contributed by atoms with Crippen LogP contribution < -0.4 is 0 Å². The Labute approximate surface area is 108 Å². The molecule has 0 heterocycles. The van der Waals surface area contributed by atoms with Crippen molar-refractivity contribution in [3.05, 3.63) is 48.0 Å². The van der Waals surface area contributed by atoms with Gasteiger partial charge in [0, 0.05) is 19.2 Å². The van der Waals surface area contributed by atoms with Crippen molar-refractivity contribution in [3.8, 4) is 0 Å². The van der Waals surface area contributed by atoms with E-state index >= 15 is 0 Å². The zero-order valence-corrected chi connectivity index (χ0v) is 11.2. The van der Waals surface area contributed by atoms with Crippen molar-refractivity contribution in [1.29, 1.82) is 0 Å². The van der Waals surface area contributed by atoms with Crippen molar-refractivity contribution in [2.24, 2.45) is 5.92 Å². The Morgan fingerprint density at radius 2 is 1.78 bits per heavy atom. The quantitative estimate of drug-likeness (QED) is 0.804. The number of amides is 1. The van der Waals surface area contributed by atoms with Gasteiger partial charge in [-0.2, -0.15) is 0 Å². The zero-order valence-electron chi connectivity index (χ0n) is 11.2. The van der Waals surface area contributed by atoms with E-state index in [-0.39, 0.29) is 5.91 Å². The lowest BCUT2D eigenvalue weighted by Crippen LogP contribution is -2.30. The van der Waals surface area contributed by atoms with Crippen LogP contribution in [0, 0.1) is 5.92 Å². The standard InChI is InChI=1S/C16H19NO/c1-12(2)11-17(3)16(18)15-9-8-13-6-4-5-7-14(13)10-15/h4-10,12H,11H2,1-3H3. The number of carbonyl (C=O) groups is 1. The molecule has 0 aliphatic rings. The molecule has 0 aliphatic carbocycles. The lowest BCUT2D eigenvalue weighted by molar-refractivity contribution is 0.0779. The summed E-state index contributed by atoms with van der Waals surface area (Å²) in [5.41, 5.74) is 0.761. The summed E-state index contributed by atoms with van der Waals surface area (Å²) in [6.45, 7) is 5.01. The van der Waals surface area contributed by atoms with Gasteiger partial charge in [-0.05, 0) is 28.8 Å². The molecule has 0 bridgehead atoms. The van der Waals surface area contributed by atoms with Crippen LogP contribution in [-0.4, -0.2) is 24.4 Å². The molecule has 0 saturated heterocycles. The van der Waals surface area contributed by atoms with Crippen LogP contribution in [-0.2, 0) is 0 Å². The Morgan fingerprint density at radius 3 is 2.44 bits per heavy atom. The van der Waals surface area contributed by atoms with Crippen LogP contribution in [0.25, 0.3) is 10.8 Å². The average Bonchev–Trinajstić information content (AvgIpc) is 2.36. The van der Waals surface area contributed by atoms with Crippen molar-refractivity contribution in [3.63, 3.8) is 0 Å². The highest BCUT2D eigenvalue weighted by atomic mass is 16.2. The van der Waals surface area contributed by atoms with Crippen LogP contribution in [0.1, 0.15) is 24.2 Å². The monoisotopic (exact) mass is 241 g/mol. The number of hydrogen-bond donors (Lipinski definition) is 0. The highest BCUT2D eigenvalue weighted by molar-refractivity contribution is 5.98. The third-order valence-corrected chi connectivity index (χ3v) is 2.98. The van der Waals surface area contributed by atoms with E-state index in [1.54, 1.807) is 4.90 Å². The number of benzene rings is 2. The number of hydrogen-bond acceptors (Lipinski definition) is 1. The first-order valence-corrected chi connectivity index (χ1v) is 6.32. The van der Waals surface area contributed by atoms with Gasteiger partial charge in [-0.3, -0.25) is 4.79 Å². The molecule has 1 amide bonds. The third-order valence-electron chi connectivity index (χ3n) is 2.98. The molecule has 0 N–H and O–H groups in total. The molecule has 0 fully saturated rings. The molecule has 2 nitrogen and oxygen atoms in total. The Hall–Kier alpha value is -1.83. The van der Waals surface area contributed by atoms with Gasteiger partial charge in [0.05, 0.1) is 0 Å². The number of rotatable bonds is 3. The molecule has 0 saturated carbocycles. The first-order chi connectivity index (χ1) is 8.58. The maximum atomic E-state index is 12.2. The number of carbonyl (C=O) groups excluding carboxylic acids is 1. The molecule has 2 rings (SSSR count). The molecule has 18 heavy (non-hydrogen) atoms. The number of nitrogens with zero attached hydrogens (tertiary/aromatic N) is 1. The summed E-state index contributed by atoms with van der Waals surface area (Å²) in [5, 5.41) is 2.28. The van der Waals surface area contributed by atoms with Gasteiger partial charge >= 0.3 is 0 Å². The fraction of sp³-hybridized carbons (Fsp3) is 0.312. The molecule has 0 aromatic heterocycles. The van der Waals surface area contributed by atoms with Gasteiger partial charge < -0.3 is 4.90 Å². The Balaban J connectivity index is 2.28. The average molecular weight is 241 g/mol. The van der Waals surface area contributed by atoms with E-state index in [9.17, 15) is 4.79 Å². The van der Waals surface area contributed by atoms with Gasteiger partial charge in [0.1, 0.15) is 0 Å². The Morgan fingerprint density at radius 1 is 1.11 bits per heavy atom. The minimum absolute atomic E-state index is 0.0921. The molecule has 2 heteroatoms. The van der Waals surface area contributed by atoms with Crippen LogP contribution in [0.3, 0.4) is 0 Å². The molecule has 0 radical (unpaired) electrons. The second-order valence-corrected chi connectivity index (χ2v) is 5.14. The van der Waals surface area contributed by atoms with Gasteiger partial charge in [-0.25, -0.2) is 0 Å². The second kappa shape index (κ2) is 5.21. The molecule has 0 unspecified atom stereocenters. The van der Waals surface area contributed by atoms with Crippen LogP contribution >= 0.6 is 0 Å². The predicted molar refractivity (Wildman–Crippen MR) is 75.7 cm³/mol. The fourth-order valence-corrected chi connectivity index (χ4v) is 2.17. The first kappa shape index (κ1) is 12.6.